The fraction of sp³-hybridized carbons (Fsp3) is 0.412. The van der Waals surface area contributed by atoms with Gasteiger partial charge in [0.15, 0.2) is 11.5 Å². The minimum atomic E-state index is 0.117. The minimum absolute atomic E-state index is 0.117. The van der Waals surface area contributed by atoms with Crippen molar-refractivity contribution in [2.24, 2.45) is 5.92 Å². The van der Waals surface area contributed by atoms with Gasteiger partial charge in [-0.25, -0.2) is 0 Å². The molecule has 130 valence electrons. The molecule has 0 radical (unpaired) electrons. The van der Waals surface area contributed by atoms with Gasteiger partial charge in [-0.3, -0.25) is 4.79 Å². The summed E-state index contributed by atoms with van der Waals surface area (Å²) in [5, 5.41) is 17.3. The second-order valence-electron chi connectivity index (χ2n) is 6.49. The van der Waals surface area contributed by atoms with Crippen LogP contribution in [0.3, 0.4) is 0 Å². The highest BCUT2D eigenvalue weighted by Gasteiger charge is 2.27. The molecule has 7 nitrogen and oxygen atoms in total. The van der Waals surface area contributed by atoms with E-state index in [1.807, 2.05) is 43.1 Å². The third-order valence-corrected chi connectivity index (χ3v) is 5.32. The van der Waals surface area contributed by atoms with Crippen molar-refractivity contribution >= 4 is 28.7 Å². The number of anilines is 1. The van der Waals surface area contributed by atoms with Crippen LogP contribution < -0.4 is 4.90 Å². The van der Waals surface area contributed by atoms with Crippen molar-refractivity contribution in [1.82, 2.24) is 24.7 Å². The highest BCUT2D eigenvalue weighted by molar-refractivity contribution is 7.08. The number of nitrogens with zero attached hydrogens (tertiary/aromatic N) is 6. The van der Waals surface area contributed by atoms with Gasteiger partial charge in [0.25, 0.3) is 0 Å². The first-order chi connectivity index (χ1) is 12.1. The van der Waals surface area contributed by atoms with Gasteiger partial charge in [0.2, 0.25) is 5.91 Å². The molecule has 8 heteroatoms. The Balaban J connectivity index is 1.57. The number of fused-ring (bicyclic) bond motifs is 1. The van der Waals surface area contributed by atoms with E-state index in [9.17, 15) is 4.79 Å². The highest BCUT2D eigenvalue weighted by atomic mass is 32.1. The molecule has 1 amide bonds. The standard InChI is InChI=1S/C17H20N6OS/c1-21(2)17(24)12-5-8-22(9-6-12)15-4-3-14-18-19-16(23(14)20-15)13-7-10-25-11-13/h3-4,7,10-12H,5-6,8-9H2,1-2H3. The van der Waals surface area contributed by atoms with E-state index in [0.29, 0.717) is 0 Å². The predicted octanol–water partition coefficient (Wildman–Crippen LogP) is 2.16. The van der Waals surface area contributed by atoms with Crippen molar-refractivity contribution in [3.05, 3.63) is 29.0 Å². The van der Waals surface area contributed by atoms with Crippen LogP contribution in [0.15, 0.2) is 29.0 Å². The number of amides is 1. The first-order valence-electron chi connectivity index (χ1n) is 8.34. The third kappa shape index (κ3) is 2.97. The van der Waals surface area contributed by atoms with Crippen LogP contribution in [0.25, 0.3) is 17.0 Å². The summed E-state index contributed by atoms with van der Waals surface area (Å²) < 4.78 is 1.80. The molecule has 3 aromatic rings. The molecule has 0 unspecified atom stereocenters. The molecule has 0 aromatic carbocycles. The maximum atomic E-state index is 12.1. The lowest BCUT2D eigenvalue weighted by Gasteiger charge is -2.33. The van der Waals surface area contributed by atoms with Gasteiger partial charge in [-0.1, -0.05) is 0 Å². The number of thiophene rings is 1. The lowest BCUT2D eigenvalue weighted by Crippen LogP contribution is -2.40. The van der Waals surface area contributed by atoms with Crippen molar-refractivity contribution in [2.45, 2.75) is 12.8 Å². The second kappa shape index (κ2) is 6.44. The van der Waals surface area contributed by atoms with Crippen LogP contribution in [-0.4, -0.2) is 57.8 Å². The van der Waals surface area contributed by atoms with E-state index in [1.54, 1.807) is 20.8 Å². The van der Waals surface area contributed by atoms with Gasteiger partial charge in [-0.15, -0.1) is 15.3 Å². The number of piperidine rings is 1. The first kappa shape index (κ1) is 16.0. The molecule has 0 atom stereocenters. The van der Waals surface area contributed by atoms with Crippen molar-refractivity contribution in [3.63, 3.8) is 0 Å². The van der Waals surface area contributed by atoms with E-state index in [2.05, 4.69) is 15.1 Å². The highest BCUT2D eigenvalue weighted by Crippen LogP contribution is 2.25. The number of carbonyl (C=O) groups excluding carboxylic acids is 1. The molecule has 0 aliphatic carbocycles. The van der Waals surface area contributed by atoms with Crippen molar-refractivity contribution in [3.8, 4) is 11.4 Å². The Morgan fingerprint density at radius 2 is 2.00 bits per heavy atom. The number of hydrogen-bond acceptors (Lipinski definition) is 6. The largest absolute Gasteiger partial charge is 0.355 e. The Labute approximate surface area is 149 Å². The number of hydrogen-bond donors (Lipinski definition) is 0. The molecule has 25 heavy (non-hydrogen) atoms. The second-order valence-corrected chi connectivity index (χ2v) is 7.27. The van der Waals surface area contributed by atoms with E-state index in [1.165, 1.54) is 0 Å². The lowest BCUT2D eigenvalue weighted by atomic mass is 9.95. The quantitative estimate of drug-likeness (QED) is 0.719. The van der Waals surface area contributed by atoms with E-state index in [0.717, 1.165) is 48.8 Å². The van der Waals surface area contributed by atoms with E-state index >= 15 is 0 Å². The van der Waals surface area contributed by atoms with Crippen LogP contribution >= 0.6 is 11.3 Å². The summed E-state index contributed by atoms with van der Waals surface area (Å²) in [5.74, 6) is 2.00. The summed E-state index contributed by atoms with van der Waals surface area (Å²) in [4.78, 5) is 16.1. The van der Waals surface area contributed by atoms with Crippen LogP contribution in [0, 0.1) is 5.92 Å². The molecule has 1 aliphatic heterocycles. The predicted molar refractivity (Wildman–Crippen MR) is 97.7 cm³/mol. The van der Waals surface area contributed by atoms with E-state index < -0.39 is 0 Å². The molecule has 1 saturated heterocycles. The summed E-state index contributed by atoms with van der Waals surface area (Å²) in [6, 6.07) is 5.95. The van der Waals surface area contributed by atoms with Gasteiger partial charge < -0.3 is 9.80 Å². The molecule has 3 aromatic heterocycles. The maximum absolute atomic E-state index is 12.1. The molecule has 4 rings (SSSR count). The summed E-state index contributed by atoms with van der Waals surface area (Å²) in [6.45, 7) is 1.66. The van der Waals surface area contributed by atoms with E-state index in [-0.39, 0.29) is 11.8 Å². The molecular weight excluding hydrogens is 336 g/mol. The van der Waals surface area contributed by atoms with Crippen LogP contribution in [0.4, 0.5) is 5.82 Å². The van der Waals surface area contributed by atoms with Gasteiger partial charge in [0.1, 0.15) is 5.82 Å². The minimum Gasteiger partial charge on any atom is -0.355 e. The summed E-state index contributed by atoms with van der Waals surface area (Å²) >= 11 is 1.63. The smallest absolute Gasteiger partial charge is 0.225 e. The Morgan fingerprint density at radius 1 is 1.20 bits per heavy atom. The van der Waals surface area contributed by atoms with Gasteiger partial charge in [-0.2, -0.15) is 15.9 Å². The van der Waals surface area contributed by atoms with Crippen LogP contribution in [0.2, 0.25) is 0 Å². The molecule has 0 saturated carbocycles. The first-order valence-corrected chi connectivity index (χ1v) is 9.29. The van der Waals surface area contributed by atoms with Gasteiger partial charge in [0.05, 0.1) is 0 Å². The fourth-order valence-corrected chi connectivity index (χ4v) is 3.87. The van der Waals surface area contributed by atoms with Gasteiger partial charge >= 0.3 is 0 Å². The monoisotopic (exact) mass is 356 g/mol. The average Bonchev–Trinajstić information content (AvgIpc) is 3.29. The van der Waals surface area contributed by atoms with Gasteiger partial charge in [0, 0.05) is 44.0 Å². The van der Waals surface area contributed by atoms with Gasteiger partial charge in [-0.05, 0) is 36.4 Å². The Kier molecular flexibility index (Phi) is 4.12. The Bertz CT molecular complexity index is 880. The molecule has 0 spiro atoms. The fourth-order valence-electron chi connectivity index (χ4n) is 3.24. The zero-order valence-electron chi connectivity index (χ0n) is 14.3. The summed E-state index contributed by atoms with van der Waals surface area (Å²) in [7, 11) is 3.64. The zero-order valence-corrected chi connectivity index (χ0v) is 15.1. The van der Waals surface area contributed by atoms with Crippen LogP contribution in [0.1, 0.15) is 12.8 Å². The SMILES string of the molecule is CN(C)C(=O)C1CCN(c2ccc3nnc(-c4ccsc4)n3n2)CC1. The van der Waals surface area contributed by atoms with Crippen molar-refractivity contribution in [1.29, 1.82) is 0 Å². The molecule has 4 heterocycles. The zero-order chi connectivity index (χ0) is 17.4. The normalized spacial score (nSPS) is 15.7. The average molecular weight is 356 g/mol. The topological polar surface area (TPSA) is 66.6 Å². The maximum Gasteiger partial charge on any atom is 0.225 e. The number of carbonyl (C=O) groups is 1. The molecular formula is C17H20N6OS. The molecule has 1 fully saturated rings. The molecule has 1 aliphatic rings. The van der Waals surface area contributed by atoms with E-state index in [4.69, 9.17) is 5.10 Å². The summed E-state index contributed by atoms with van der Waals surface area (Å²) in [6.07, 6.45) is 1.71. The number of rotatable bonds is 3. The molecule has 0 N–H and O–H groups in total. The Hall–Kier alpha value is -2.48. The number of aromatic nitrogens is 4. The summed E-state index contributed by atoms with van der Waals surface area (Å²) in [5.41, 5.74) is 1.76. The van der Waals surface area contributed by atoms with Crippen LogP contribution in [0.5, 0.6) is 0 Å². The lowest BCUT2D eigenvalue weighted by molar-refractivity contribution is -0.133. The third-order valence-electron chi connectivity index (χ3n) is 4.64. The molecule has 0 bridgehead atoms. The van der Waals surface area contributed by atoms with Crippen LogP contribution in [-0.2, 0) is 4.79 Å². The Morgan fingerprint density at radius 3 is 2.68 bits per heavy atom. The van der Waals surface area contributed by atoms with Crippen molar-refractivity contribution in [2.75, 3.05) is 32.1 Å². The van der Waals surface area contributed by atoms with Crippen molar-refractivity contribution < 1.29 is 4.79 Å².